The molecule has 2 heterocycles. The standard InChI is InChI=1S/C24H25N3OS/c1-3-4-13-27-17(2)26-23(19-9-5-7-18(15-28)8-6-10-19)24(27)20-11-12-21-22(14-20)29-16-25-21/h5,7,9-12,14-16H,3-4,6,8,13H2,1-2H3/b9-5-,18-7-,19-10+. The zero-order valence-electron chi connectivity index (χ0n) is 16.9. The Labute approximate surface area is 175 Å². The SMILES string of the molecule is CCCCn1c(C)nc(C2=C/CC/C(C=O)=C/C=C\2)c1-c1ccc2ncsc2c1. The second-order valence-corrected chi connectivity index (χ2v) is 8.20. The molecule has 4 nitrogen and oxygen atoms in total. The summed E-state index contributed by atoms with van der Waals surface area (Å²) < 4.78 is 3.54. The van der Waals surface area contributed by atoms with Gasteiger partial charge in [0.1, 0.15) is 12.1 Å². The van der Waals surface area contributed by atoms with E-state index in [4.69, 9.17) is 4.98 Å². The van der Waals surface area contributed by atoms with Crippen molar-refractivity contribution in [1.29, 1.82) is 0 Å². The van der Waals surface area contributed by atoms with Gasteiger partial charge in [-0.2, -0.15) is 0 Å². The van der Waals surface area contributed by atoms with E-state index >= 15 is 0 Å². The van der Waals surface area contributed by atoms with Crippen LogP contribution in [0.5, 0.6) is 0 Å². The summed E-state index contributed by atoms with van der Waals surface area (Å²) in [5, 5.41) is 0. The number of rotatable bonds is 6. The molecular weight excluding hydrogens is 378 g/mol. The van der Waals surface area contributed by atoms with Crippen LogP contribution in [0, 0.1) is 6.92 Å². The fourth-order valence-corrected chi connectivity index (χ4v) is 4.46. The van der Waals surface area contributed by atoms with Crippen molar-refractivity contribution in [2.75, 3.05) is 0 Å². The molecule has 0 fully saturated rings. The highest BCUT2D eigenvalue weighted by atomic mass is 32.1. The van der Waals surface area contributed by atoms with Crippen LogP contribution < -0.4 is 0 Å². The number of fused-ring (bicyclic) bond motifs is 1. The molecule has 29 heavy (non-hydrogen) atoms. The van der Waals surface area contributed by atoms with Gasteiger partial charge in [-0.25, -0.2) is 9.97 Å². The van der Waals surface area contributed by atoms with Crippen LogP contribution >= 0.6 is 11.3 Å². The molecule has 0 unspecified atom stereocenters. The van der Waals surface area contributed by atoms with Crippen LogP contribution in [-0.2, 0) is 11.3 Å². The monoisotopic (exact) mass is 403 g/mol. The third-order valence-corrected chi connectivity index (χ3v) is 6.10. The summed E-state index contributed by atoms with van der Waals surface area (Å²) in [6.07, 6.45) is 12.9. The molecular formula is C24H25N3OS. The highest BCUT2D eigenvalue weighted by Crippen LogP contribution is 2.34. The van der Waals surface area contributed by atoms with E-state index < -0.39 is 0 Å². The molecule has 0 aliphatic heterocycles. The van der Waals surface area contributed by atoms with Crippen LogP contribution in [0.1, 0.15) is 44.1 Å². The number of imidazole rings is 1. The van der Waals surface area contributed by atoms with Crippen molar-refractivity contribution in [2.24, 2.45) is 0 Å². The number of allylic oxidation sites excluding steroid dienone is 6. The molecule has 0 spiro atoms. The van der Waals surface area contributed by atoms with Crippen molar-refractivity contribution in [3.63, 3.8) is 0 Å². The van der Waals surface area contributed by atoms with Gasteiger partial charge < -0.3 is 4.57 Å². The van der Waals surface area contributed by atoms with Crippen LogP contribution in [0.3, 0.4) is 0 Å². The van der Waals surface area contributed by atoms with Crippen molar-refractivity contribution in [2.45, 2.75) is 46.1 Å². The summed E-state index contributed by atoms with van der Waals surface area (Å²) in [5.74, 6) is 1.04. The second-order valence-electron chi connectivity index (χ2n) is 7.31. The van der Waals surface area contributed by atoms with Gasteiger partial charge in [-0.15, -0.1) is 11.3 Å². The molecule has 0 saturated carbocycles. The van der Waals surface area contributed by atoms with E-state index in [1.54, 1.807) is 11.3 Å². The number of unbranched alkanes of at least 4 members (excludes halogenated alkanes) is 1. The number of nitrogens with zero attached hydrogens (tertiary/aromatic N) is 3. The van der Waals surface area contributed by atoms with E-state index in [1.165, 1.54) is 16.0 Å². The number of benzene rings is 1. The van der Waals surface area contributed by atoms with Crippen molar-refractivity contribution in [3.05, 3.63) is 65.1 Å². The number of aldehydes is 1. The first-order valence-electron chi connectivity index (χ1n) is 10.1. The van der Waals surface area contributed by atoms with Crippen molar-refractivity contribution in [3.8, 4) is 11.3 Å². The fraction of sp³-hybridized carbons (Fsp3) is 0.292. The molecule has 0 amide bonds. The minimum atomic E-state index is 0.759. The first-order valence-corrected chi connectivity index (χ1v) is 11.0. The van der Waals surface area contributed by atoms with Crippen molar-refractivity contribution in [1.82, 2.24) is 14.5 Å². The Balaban J connectivity index is 1.85. The average Bonchev–Trinajstić information content (AvgIpc) is 3.30. The minimum Gasteiger partial charge on any atom is -0.328 e. The van der Waals surface area contributed by atoms with E-state index in [0.717, 1.165) is 66.7 Å². The normalized spacial score (nSPS) is 19.1. The van der Waals surface area contributed by atoms with Gasteiger partial charge in [-0.3, -0.25) is 4.79 Å². The summed E-state index contributed by atoms with van der Waals surface area (Å²) in [4.78, 5) is 20.5. The number of hydrogen-bond donors (Lipinski definition) is 0. The molecule has 0 saturated heterocycles. The maximum atomic E-state index is 11.1. The Morgan fingerprint density at radius 2 is 2.21 bits per heavy atom. The molecule has 3 aromatic rings. The number of thiazole rings is 1. The van der Waals surface area contributed by atoms with Crippen molar-refractivity contribution >= 4 is 33.4 Å². The molecule has 0 radical (unpaired) electrons. The maximum absolute atomic E-state index is 11.1. The Bertz CT molecular complexity index is 1130. The van der Waals surface area contributed by atoms with E-state index in [9.17, 15) is 4.79 Å². The Kier molecular flexibility index (Phi) is 5.86. The smallest absolute Gasteiger partial charge is 0.146 e. The average molecular weight is 404 g/mol. The molecule has 0 atom stereocenters. The maximum Gasteiger partial charge on any atom is 0.146 e. The summed E-state index contributed by atoms with van der Waals surface area (Å²) in [6, 6.07) is 6.48. The lowest BCUT2D eigenvalue weighted by molar-refractivity contribution is -0.105. The Morgan fingerprint density at radius 1 is 1.31 bits per heavy atom. The summed E-state index contributed by atoms with van der Waals surface area (Å²) in [6.45, 7) is 5.26. The summed E-state index contributed by atoms with van der Waals surface area (Å²) in [7, 11) is 0. The van der Waals surface area contributed by atoms with Crippen LogP contribution in [0.4, 0.5) is 0 Å². The van der Waals surface area contributed by atoms with E-state index in [0.29, 0.717) is 0 Å². The van der Waals surface area contributed by atoms with Crippen molar-refractivity contribution < 1.29 is 4.79 Å². The van der Waals surface area contributed by atoms with Gasteiger partial charge in [0, 0.05) is 12.1 Å². The Morgan fingerprint density at radius 3 is 3.03 bits per heavy atom. The molecule has 1 aromatic carbocycles. The number of aryl methyl sites for hydroxylation is 1. The molecule has 1 aliphatic carbocycles. The predicted molar refractivity (Wildman–Crippen MR) is 121 cm³/mol. The quantitative estimate of drug-likeness (QED) is 0.465. The van der Waals surface area contributed by atoms with Gasteiger partial charge in [0.2, 0.25) is 0 Å². The van der Waals surface area contributed by atoms with Gasteiger partial charge in [0.25, 0.3) is 0 Å². The largest absolute Gasteiger partial charge is 0.328 e. The molecule has 4 rings (SSSR count). The summed E-state index contributed by atoms with van der Waals surface area (Å²) in [5.41, 5.74) is 8.23. The highest BCUT2D eigenvalue weighted by Gasteiger charge is 2.19. The fourth-order valence-electron chi connectivity index (χ4n) is 3.75. The Hall–Kier alpha value is -2.79. The number of hydrogen-bond acceptors (Lipinski definition) is 4. The van der Waals surface area contributed by atoms with E-state index in [1.807, 2.05) is 17.7 Å². The van der Waals surface area contributed by atoms with Gasteiger partial charge in [0.05, 0.1) is 27.1 Å². The van der Waals surface area contributed by atoms with E-state index in [2.05, 4.69) is 53.7 Å². The third kappa shape index (κ3) is 4.01. The third-order valence-electron chi connectivity index (χ3n) is 5.31. The number of carbonyl (C=O) groups excluding carboxylic acids is 1. The molecule has 5 heteroatoms. The first-order chi connectivity index (χ1) is 14.2. The number of carbonyl (C=O) groups is 1. The zero-order chi connectivity index (χ0) is 20.2. The molecule has 148 valence electrons. The van der Waals surface area contributed by atoms with Crippen LogP contribution in [0.15, 0.2) is 53.6 Å². The second kappa shape index (κ2) is 8.70. The lowest BCUT2D eigenvalue weighted by atomic mass is 10.00. The molecule has 1 aliphatic rings. The highest BCUT2D eigenvalue weighted by molar-refractivity contribution is 7.16. The van der Waals surface area contributed by atoms with Gasteiger partial charge >= 0.3 is 0 Å². The van der Waals surface area contributed by atoms with E-state index in [-0.39, 0.29) is 0 Å². The molecule has 0 N–H and O–H groups in total. The van der Waals surface area contributed by atoms with Crippen LogP contribution in [0.25, 0.3) is 27.0 Å². The predicted octanol–water partition coefficient (Wildman–Crippen LogP) is 6.13. The van der Waals surface area contributed by atoms with Crippen LogP contribution in [-0.4, -0.2) is 20.8 Å². The first kappa shape index (κ1) is 19.5. The lowest BCUT2D eigenvalue weighted by Crippen LogP contribution is -2.03. The summed E-state index contributed by atoms with van der Waals surface area (Å²) >= 11 is 1.67. The van der Waals surface area contributed by atoms with Gasteiger partial charge in [-0.1, -0.05) is 43.7 Å². The van der Waals surface area contributed by atoms with Gasteiger partial charge in [-0.05, 0) is 49.5 Å². The lowest BCUT2D eigenvalue weighted by Gasteiger charge is -2.12. The molecule has 2 aromatic heterocycles. The number of aromatic nitrogens is 3. The minimum absolute atomic E-state index is 0.759. The topological polar surface area (TPSA) is 47.8 Å². The molecule has 0 bridgehead atoms. The van der Waals surface area contributed by atoms with Crippen LogP contribution in [0.2, 0.25) is 0 Å². The van der Waals surface area contributed by atoms with Gasteiger partial charge in [0.15, 0.2) is 0 Å². The zero-order valence-corrected chi connectivity index (χ0v) is 17.7.